The van der Waals surface area contributed by atoms with Crippen LogP contribution in [0.1, 0.15) is 54.7 Å². The lowest BCUT2D eigenvalue weighted by molar-refractivity contribution is -0.160. The largest absolute Gasteiger partial charge is 0.327 e. The SMILES string of the molecule is O=C1C2CN(Cc3cccc4ccccc34)CCN2C(=O)CN1Cc1ccc(C2CCCCC2)cc1. The second-order valence-corrected chi connectivity index (χ2v) is 10.7. The van der Waals surface area contributed by atoms with E-state index in [0.29, 0.717) is 25.6 Å². The van der Waals surface area contributed by atoms with Gasteiger partial charge in [-0.05, 0) is 46.2 Å². The van der Waals surface area contributed by atoms with Crippen molar-refractivity contribution in [2.24, 2.45) is 0 Å². The molecule has 36 heavy (non-hydrogen) atoms. The van der Waals surface area contributed by atoms with E-state index in [1.165, 1.54) is 54.0 Å². The lowest BCUT2D eigenvalue weighted by Crippen LogP contribution is -2.66. The fourth-order valence-corrected chi connectivity index (χ4v) is 6.39. The maximum atomic E-state index is 13.5. The maximum Gasteiger partial charge on any atom is 0.247 e. The van der Waals surface area contributed by atoms with Gasteiger partial charge in [-0.15, -0.1) is 0 Å². The van der Waals surface area contributed by atoms with Gasteiger partial charge in [0.2, 0.25) is 11.8 Å². The van der Waals surface area contributed by atoms with Gasteiger partial charge < -0.3 is 9.80 Å². The number of piperazine rings is 2. The maximum absolute atomic E-state index is 13.5. The van der Waals surface area contributed by atoms with E-state index in [-0.39, 0.29) is 18.4 Å². The van der Waals surface area contributed by atoms with Gasteiger partial charge in [-0.1, -0.05) is 86.0 Å². The molecule has 1 aliphatic carbocycles. The minimum Gasteiger partial charge on any atom is -0.327 e. The monoisotopic (exact) mass is 481 g/mol. The van der Waals surface area contributed by atoms with Crippen molar-refractivity contribution < 1.29 is 9.59 Å². The first-order chi connectivity index (χ1) is 17.7. The van der Waals surface area contributed by atoms with E-state index in [1.54, 1.807) is 4.90 Å². The van der Waals surface area contributed by atoms with Crippen molar-refractivity contribution in [3.8, 4) is 0 Å². The molecule has 0 spiro atoms. The predicted molar refractivity (Wildman–Crippen MR) is 142 cm³/mol. The van der Waals surface area contributed by atoms with Crippen molar-refractivity contribution in [1.82, 2.24) is 14.7 Å². The molecule has 6 rings (SSSR count). The molecule has 2 amide bonds. The molecule has 5 heteroatoms. The van der Waals surface area contributed by atoms with E-state index in [4.69, 9.17) is 0 Å². The molecule has 3 fully saturated rings. The normalized spacial score (nSPS) is 21.7. The van der Waals surface area contributed by atoms with Crippen molar-refractivity contribution in [2.75, 3.05) is 26.2 Å². The minimum atomic E-state index is -0.392. The first kappa shape index (κ1) is 23.2. The fraction of sp³-hybridized carbons (Fsp3) is 0.419. The molecule has 3 aliphatic rings. The average molecular weight is 482 g/mol. The molecule has 1 saturated carbocycles. The van der Waals surface area contributed by atoms with Crippen LogP contribution in [0.25, 0.3) is 10.8 Å². The van der Waals surface area contributed by atoms with Gasteiger partial charge in [0.25, 0.3) is 0 Å². The summed E-state index contributed by atoms with van der Waals surface area (Å²) in [5.41, 5.74) is 3.79. The van der Waals surface area contributed by atoms with Crippen LogP contribution in [0.5, 0.6) is 0 Å². The van der Waals surface area contributed by atoms with E-state index >= 15 is 0 Å². The Kier molecular flexibility index (Phi) is 6.49. The lowest BCUT2D eigenvalue weighted by atomic mass is 9.84. The van der Waals surface area contributed by atoms with Gasteiger partial charge in [0.15, 0.2) is 0 Å². The Labute approximate surface area is 213 Å². The first-order valence-corrected chi connectivity index (χ1v) is 13.5. The third-order valence-electron chi connectivity index (χ3n) is 8.41. The number of fused-ring (bicyclic) bond motifs is 2. The average Bonchev–Trinajstić information content (AvgIpc) is 2.93. The van der Waals surface area contributed by atoms with Gasteiger partial charge in [0.05, 0.1) is 0 Å². The second-order valence-electron chi connectivity index (χ2n) is 10.7. The Balaban J connectivity index is 1.13. The zero-order valence-corrected chi connectivity index (χ0v) is 20.9. The van der Waals surface area contributed by atoms with Gasteiger partial charge in [-0.2, -0.15) is 0 Å². The van der Waals surface area contributed by atoms with Gasteiger partial charge in [0.1, 0.15) is 12.6 Å². The number of carbonyl (C=O) groups is 2. The number of carbonyl (C=O) groups excluding carboxylic acids is 2. The summed E-state index contributed by atoms with van der Waals surface area (Å²) in [7, 11) is 0. The predicted octanol–water partition coefficient (Wildman–Crippen LogP) is 4.94. The molecule has 3 aromatic carbocycles. The lowest BCUT2D eigenvalue weighted by Gasteiger charge is -2.46. The quantitative estimate of drug-likeness (QED) is 0.518. The molecule has 2 saturated heterocycles. The minimum absolute atomic E-state index is 0.0724. The highest BCUT2D eigenvalue weighted by atomic mass is 16.2. The summed E-state index contributed by atoms with van der Waals surface area (Å²) < 4.78 is 0. The molecule has 1 atom stereocenters. The van der Waals surface area contributed by atoms with Crippen molar-refractivity contribution in [3.63, 3.8) is 0 Å². The second kappa shape index (κ2) is 10.1. The Bertz CT molecular complexity index is 1240. The number of hydrogen-bond donors (Lipinski definition) is 0. The van der Waals surface area contributed by atoms with Gasteiger partial charge in [0, 0.05) is 32.7 Å². The molecule has 5 nitrogen and oxygen atoms in total. The summed E-state index contributed by atoms with van der Waals surface area (Å²) in [5.74, 6) is 0.825. The molecule has 0 bridgehead atoms. The summed E-state index contributed by atoms with van der Waals surface area (Å²) in [5, 5.41) is 2.49. The topological polar surface area (TPSA) is 43.9 Å². The standard InChI is InChI=1S/C31H35N3O2/c35-30-22-33(19-23-13-15-25(16-14-23)24-7-2-1-3-8-24)31(36)29-21-32(17-18-34(29)30)20-27-11-6-10-26-9-4-5-12-28(26)27/h4-6,9-16,24,29H,1-3,7-8,17-22H2. The van der Waals surface area contributed by atoms with Crippen LogP contribution in [-0.2, 0) is 22.7 Å². The molecular weight excluding hydrogens is 446 g/mol. The summed E-state index contributed by atoms with van der Waals surface area (Å²) in [4.78, 5) is 32.4. The third kappa shape index (κ3) is 4.64. The first-order valence-electron chi connectivity index (χ1n) is 13.5. The van der Waals surface area contributed by atoms with Crippen LogP contribution >= 0.6 is 0 Å². The number of benzene rings is 3. The van der Waals surface area contributed by atoms with Crippen molar-refractivity contribution in [2.45, 2.75) is 57.2 Å². The molecule has 1 unspecified atom stereocenters. The van der Waals surface area contributed by atoms with E-state index in [1.807, 2.05) is 4.90 Å². The van der Waals surface area contributed by atoms with Crippen LogP contribution in [0.3, 0.4) is 0 Å². The van der Waals surface area contributed by atoms with Crippen molar-refractivity contribution in [3.05, 3.63) is 83.4 Å². The highest BCUT2D eigenvalue weighted by Crippen LogP contribution is 2.33. The third-order valence-corrected chi connectivity index (χ3v) is 8.41. The fourth-order valence-electron chi connectivity index (χ4n) is 6.39. The summed E-state index contributed by atoms with van der Waals surface area (Å²) >= 11 is 0. The van der Waals surface area contributed by atoms with Gasteiger partial charge in [-0.25, -0.2) is 0 Å². The number of rotatable bonds is 5. The molecule has 2 heterocycles. The summed E-state index contributed by atoms with van der Waals surface area (Å²) in [6.07, 6.45) is 6.58. The van der Waals surface area contributed by atoms with Crippen LogP contribution in [0, 0.1) is 0 Å². The van der Waals surface area contributed by atoms with Crippen LogP contribution in [0.4, 0.5) is 0 Å². The van der Waals surface area contributed by atoms with Gasteiger partial charge >= 0.3 is 0 Å². The van der Waals surface area contributed by atoms with E-state index < -0.39 is 6.04 Å². The number of amides is 2. The van der Waals surface area contributed by atoms with Gasteiger partial charge in [-0.3, -0.25) is 14.5 Å². The van der Waals surface area contributed by atoms with Crippen LogP contribution in [-0.4, -0.2) is 58.7 Å². The van der Waals surface area contributed by atoms with Crippen LogP contribution < -0.4 is 0 Å². The highest BCUT2D eigenvalue weighted by Gasteiger charge is 2.42. The zero-order chi connectivity index (χ0) is 24.5. The smallest absolute Gasteiger partial charge is 0.247 e. The van der Waals surface area contributed by atoms with Crippen LogP contribution in [0.15, 0.2) is 66.7 Å². The number of nitrogens with zero attached hydrogens (tertiary/aromatic N) is 3. The Morgan fingerprint density at radius 2 is 1.56 bits per heavy atom. The van der Waals surface area contributed by atoms with E-state index in [0.717, 1.165) is 18.7 Å². The molecular formula is C31H35N3O2. The molecule has 186 valence electrons. The molecule has 0 N–H and O–H groups in total. The zero-order valence-electron chi connectivity index (χ0n) is 20.9. The molecule has 0 radical (unpaired) electrons. The Hall–Kier alpha value is -3.18. The summed E-state index contributed by atoms with van der Waals surface area (Å²) in [6, 6.07) is 23.2. The summed E-state index contributed by atoms with van der Waals surface area (Å²) in [6.45, 7) is 3.47. The van der Waals surface area contributed by atoms with E-state index in [2.05, 4.69) is 71.6 Å². The number of hydrogen-bond acceptors (Lipinski definition) is 3. The highest BCUT2D eigenvalue weighted by molar-refractivity contribution is 5.95. The molecule has 0 aromatic heterocycles. The van der Waals surface area contributed by atoms with E-state index in [9.17, 15) is 9.59 Å². The molecule has 3 aromatic rings. The Morgan fingerprint density at radius 3 is 2.39 bits per heavy atom. The van der Waals surface area contributed by atoms with Crippen molar-refractivity contribution >= 4 is 22.6 Å². The van der Waals surface area contributed by atoms with Crippen molar-refractivity contribution in [1.29, 1.82) is 0 Å². The van der Waals surface area contributed by atoms with Crippen LogP contribution in [0.2, 0.25) is 0 Å². The molecule has 2 aliphatic heterocycles. The Morgan fingerprint density at radius 1 is 0.778 bits per heavy atom.